The second kappa shape index (κ2) is 9.25. The molecule has 0 aromatic heterocycles. The normalized spacial score (nSPS) is 20.7. The summed E-state index contributed by atoms with van der Waals surface area (Å²) < 4.78 is 11.8. The highest BCUT2D eigenvalue weighted by atomic mass is 16.6. The lowest BCUT2D eigenvalue weighted by atomic mass is 9.71. The summed E-state index contributed by atoms with van der Waals surface area (Å²) in [5.74, 6) is 0.763. The van der Waals surface area contributed by atoms with Gasteiger partial charge in [-0.2, -0.15) is 0 Å². The van der Waals surface area contributed by atoms with Gasteiger partial charge in [0.1, 0.15) is 11.9 Å². The monoisotopic (exact) mass is 422 g/mol. The van der Waals surface area contributed by atoms with Crippen LogP contribution in [0.4, 0.5) is 0 Å². The van der Waals surface area contributed by atoms with E-state index < -0.39 is 5.60 Å². The van der Waals surface area contributed by atoms with Crippen molar-refractivity contribution in [2.75, 3.05) is 0 Å². The van der Waals surface area contributed by atoms with Crippen LogP contribution in [0.5, 0.6) is 5.75 Å². The number of ether oxygens (including phenoxy) is 2. The van der Waals surface area contributed by atoms with Crippen molar-refractivity contribution in [3.63, 3.8) is 0 Å². The fourth-order valence-electron chi connectivity index (χ4n) is 4.57. The number of Topliss-reactive ketones (excluding diaryl/α,β-unsaturated/α-hetero) is 1. The zero-order valence-corrected chi connectivity index (χ0v) is 19.3. The lowest BCUT2D eigenvalue weighted by molar-refractivity contribution is -0.169. The number of carbonyl (C=O) groups is 2. The van der Waals surface area contributed by atoms with Crippen molar-refractivity contribution in [2.45, 2.75) is 72.0 Å². The van der Waals surface area contributed by atoms with Crippen LogP contribution in [-0.2, 0) is 16.0 Å². The van der Waals surface area contributed by atoms with Crippen molar-refractivity contribution in [3.8, 4) is 5.75 Å². The second-order valence-electron chi connectivity index (χ2n) is 10.2. The molecule has 0 amide bonds. The minimum atomic E-state index is -1.11. The number of rotatable bonds is 7. The number of benzene rings is 2. The van der Waals surface area contributed by atoms with E-state index >= 15 is 0 Å². The number of esters is 1. The zero-order chi connectivity index (χ0) is 22.6. The van der Waals surface area contributed by atoms with E-state index in [4.69, 9.17) is 9.47 Å². The third kappa shape index (κ3) is 6.43. The molecule has 4 heteroatoms. The molecule has 2 aromatic rings. The van der Waals surface area contributed by atoms with Crippen molar-refractivity contribution in [2.24, 2.45) is 11.3 Å². The maximum atomic E-state index is 12.8. The molecule has 0 N–H and O–H groups in total. The quantitative estimate of drug-likeness (QED) is 0.404. The minimum Gasteiger partial charge on any atom is -0.476 e. The predicted molar refractivity (Wildman–Crippen MR) is 122 cm³/mol. The van der Waals surface area contributed by atoms with Crippen LogP contribution in [0.1, 0.15) is 69.8 Å². The Bertz CT molecular complexity index is 897. The van der Waals surface area contributed by atoms with Gasteiger partial charge < -0.3 is 9.47 Å². The molecule has 1 aliphatic rings. The average Bonchev–Trinajstić information content (AvgIpc) is 2.67. The zero-order valence-electron chi connectivity index (χ0n) is 19.3. The first kappa shape index (κ1) is 23.1. The third-order valence-corrected chi connectivity index (χ3v) is 5.87. The topological polar surface area (TPSA) is 52.6 Å². The Kier molecular flexibility index (Phi) is 6.88. The van der Waals surface area contributed by atoms with E-state index in [-0.39, 0.29) is 23.3 Å². The Labute approximate surface area is 186 Å². The first-order valence-corrected chi connectivity index (χ1v) is 11.1. The molecular weight excluding hydrogens is 388 g/mol. The largest absolute Gasteiger partial charge is 0.476 e. The number of hydrogen-bond acceptors (Lipinski definition) is 4. The first-order valence-electron chi connectivity index (χ1n) is 11.1. The molecule has 2 unspecified atom stereocenters. The van der Waals surface area contributed by atoms with Crippen LogP contribution in [-0.4, -0.2) is 23.5 Å². The molecule has 31 heavy (non-hydrogen) atoms. The number of hydrogen-bond donors (Lipinski definition) is 0. The lowest BCUT2D eigenvalue weighted by Gasteiger charge is -2.39. The molecule has 1 aliphatic carbocycles. The summed E-state index contributed by atoms with van der Waals surface area (Å²) in [5, 5.41) is 0. The summed E-state index contributed by atoms with van der Waals surface area (Å²) >= 11 is 0. The average molecular weight is 423 g/mol. The lowest BCUT2D eigenvalue weighted by Crippen LogP contribution is -2.43. The molecule has 1 saturated carbocycles. The van der Waals surface area contributed by atoms with Crippen LogP contribution in [0.25, 0.3) is 0 Å². The van der Waals surface area contributed by atoms with Gasteiger partial charge in [0.15, 0.2) is 11.4 Å². The molecule has 0 heterocycles. The summed E-state index contributed by atoms with van der Waals surface area (Å²) in [6, 6.07) is 16.6. The Morgan fingerprint density at radius 3 is 2.26 bits per heavy atom. The summed E-state index contributed by atoms with van der Waals surface area (Å²) in [6.07, 6.45) is 3.19. The summed E-state index contributed by atoms with van der Waals surface area (Å²) in [5.41, 5.74) is 0.669. The highest BCUT2D eigenvalue weighted by Gasteiger charge is 2.38. The fourth-order valence-corrected chi connectivity index (χ4v) is 4.57. The van der Waals surface area contributed by atoms with Crippen molar-refractivity contribution >= 4 is 11.8 Å². The Hall–Kier alpha value is -2.62. The van der Waals surface area contributed by atoms with Gasteiger partial charge in [-0.05, 0) is 74.3 Å². The van der Waals surface area contributed by atoms with E-state index in [1.165, 1.54) is 0 Å². The Balaban J connectivity index is 1.59. The van der Waals surface area contributed by atoms with Gasteiger partial charge in [0, 0.05) is 12.0 Å². The van der Waals surface area contributed by atoms with Gasteiger partial charge in [0.2, 0.25) is 0 Å². The van der Waals surface area contributed by atoms with Gasteiger partial charge in [-0.25, -0.2) is 4.79 Å². The van der Waals surface area contributed by atoms with Crippen LogP contribution < -0.4 is 4.74 Å². The second-order valence-corrected chi connectivity index (χ2v) is 10.2. The van der Waals surface area contributed by atoms with Crippen LogP contribution in [0.2, 0.25) is 0 Å². The van der Waals surface area contributed by atoms with Gasteiger partial charge in [-0.15, -0.1) is 0 Å². The Morgan fingerprint density at radius 1 is 1.00 bits per heavy atom. The smallest absolute Gasteiger partial charge is 0.350 e. The van der Waals surface area contributed by atoms with Gasteiger partial charge >= 0.3 is 5.97 Å². The number of ketones is 1. The maximum Gasteiger partial charge on any atom is 0.350 e. The molecule has 0 aliphatic heterocycles. The molecule has 4 nitrogen and oxygen atoms in total. The highest BCUT2D eigenvalue weighted by molar-refractivity contribution is 5.97. The van der Waals surface area contributed by atoms with Gasteiger partial charge in [-0.1, -0.05) is 51.1 Å². The summed E-state index contributed by atoms with van der Waals surface area (Å²) in [7, 11) is 0. The van der Waals surface area contributed by atoms with E-state index in [1.54, 1.807) is 38.1 Å². The van der Waals surface area contributed by atoms with Crippen LogP contribution >= 0.6 is 0 Å². The van der Waals surface area contributed by atoms with E-state index in [0.29, 0.717) is 23.7 Å². The van der Waals surface area contributed by atoms with E-state index in [0.717, 1.165) is 24.8 Å². The SMILES string of the molecule is CC1CC(OC(=O)C(C)(C)Oc2ccc(C(=O)Cc3ccccc3)cc2)CC(C)(C)C1. The highest BCUT2D eigenvalue weighted by Crippen LogP contribution is 2.40. The molecule has 0 spiro atoms. The van der Waals surface area contributed by atoms with Crippen molar-refractivity contribution in [3.05, 3.63) is 65.7 Å². The van der Waals surface area contributed by atoms with Gasteiger partial charge in [-0.3, -0.25) is 4.79 Å². The molecular formula is C27H34O4. The summed E-state index contributed by atoms with van der Waals surface area (Å²) in [4.78, 5) is 25.3. The van der Waals surface area contributed by atoms with Crippen molar-refractivity contribution < 1.29 is 19.1 Å². The molecule has 0 bridgehead atoms. The van der Waals surface area contributed by atoms with E-state index in [2.05, 4.69) is 20.8 Å². The van der Waals surface area contributed by atoms with Crippen LogP contribution in [0.15, 0.2) is 54.6 Å². The maximum absolute atomic E-state index is 12.8. The molecule has 0 saturated heterocycles. The third-order valence-electron chi connectivity index (χ3n) is 5.87. The molecule has 2 aromatic carbocycles. The van der Waals surface area contributed by atoms with Gasteiger partial charge in [0.25, 0.3) is 0 Å². The predicted octanol–water partition coefficient (Wildman–Crippen LogP) is 6.03. The summed E-state index contributed by atoms with van der Waals surface area (Å²) in [6.45, 7) is 10.1. The molecule has 3 rings (SSSR count). The van der Waals surface area contributed by atoms with Crippen LogP contribution in [0, 0.1) is 11.3 Å². The van der Waals surface area contributed by atoms with Gasteiger partial charge in [0.05, 0.1) is 0 Å². The standard InChI is InChI=1S/C27H34O4/c1-19-15-23(18-26(2,3)17-19)30-25(29)27(4,5)31-22-13-11-21(12-14-22)24(28)16-20-9-7-6-8-10-20/h6-14,19,23H,15-18H2,1-5H3. The molecule has 0 radical (unpaired) electrons. The van der Waals surface area contributed by atoms with E-state index in [1.807, 2.05) is 30.3 Å². The van der Waals surface area contributed by atoms with E-state index in [9.17, 15) is 9.59 Å². The first-order chi connectivity index (χ1) is 14.5. The number of carbonyl (C=O) groups excluding carboxylic acids is 2. The molecule has 1 fully saturated rings. The van der Waals surface area contributed by atoms with Crippen molar-refractivity contribution in [1.29, 1.82) is 0 Å². The molecule has 166 valence electrons. The van der Waals surface area contributed by atoms with Crippen molar-refractivity contribution in [1.82, 2.24) is 0 Å². The minimum absolute atomic E-state index is 0.0467. The molecule has 2 atom stereocenters. The Morgan fingerprint density at radius 2 is 1.65 bits per heavy atom. The fraction of sp³-hybridized carbons (Fsp3) is 0.481. The van der Waals surface area contributed by atoms with Crippen LogP contribution in [0.3, 0.4) is 0 Å².